The first-order valence-corrected chi connectivity index (χ1v) is 9.09. The number of rotatable bonds is 5. The van der Waals surface area contributed by atoms with E-state index in [4.69, 9.17) is 10.5 Å². The Morgan fingerprint density at radius 2 is 1.79 bits per heavy atom. The number of nitrogens with two attached hydrogens (primary N) is 1. The minimum Gasteiger partial charge on any atom is -0.410 e. The Hall–Kier alpha value is -3.46. The van der Waals surface area contributed by atoms with E-state index in [1.54, 1.807) is 30.3 Å². The summed E-state index contributed by atoms with van der Waals surface area (Å²) in [7, 11) is 0. The zero-order valence-corrected chi connectivity index (χ0v) is 15.6. The third-order valence-electron chi connectivity index (χ3n) is 4.37. The third kappa shape index (κ3) is 4.69. The number of ether oxygens (including phenoxy) is 1. The van der Waals surface area contributed by atoms with Crippen LogP contribution in [-0.4, -0.2) is 60.1 Å². The fourth-order valence-electron chi connectivity index (χ4n) is 3.04. The predicted molar refractivity (Wildman–Crippen MR) is 102 cm³/mol. The van der Waals surface area contributed by atoms with E-state index in [1.807, 2.05) is 0 Å². The SMILES string of the molecule is NCCNC(=O)C1N(C(=O)Oc2ccccc2)CCN1C(=O)c1cccc(F)c1. The molecule has 9 heteroatoms. The summed E-state index contributed by atoms with van der Waals surface area (Å²) >= 11 is 0. The lowest BCUT2D eigenvalue weighted by atomic mass is 10.2. The van der Waals surface area contributed by atoms with Crippen LogP contribution in [0.3, 0.4) is 0 Å². The summed E-state index contributed by atoms with van der Waals surface area (Å²) in [5.74, 6) is -1.39. The highest BCUT2D eigenvalue weighted by Gasteiger charge is 2.43. The van der Waals surface area contributed by atoms with Crippen LogP contribution >= 0.6 is 0 Å². The van der Waals surface area contributed by atoms with Crippen LogP contribution in [0.25, 0.3) is 0 Å². The van der Waals surface area contributed by atoms with Crippen LogP contribution in [0.2, 0.25) is 0 Å². The topological polar surface area (TPSA) is 105 Å². The van der Waals surface area contributed by atoms with Gasteiger partial charge in [0.05, 0.1) is 0 Å². The number of halogens is 1. The molecule has 1 aliphatic rings. The molecule has 2 aromatic carbocycles. The standard InChI is InChI=1S/C20H21FN4O4/c21-15-6-4-5-14(13-15)19(27)24-11-12-25(18(24)17(26)23-10-9-22)20(28)29-16-7-2-1-3-8-16/h1-8,13,18H,9-12,22H2,(H,23,26). The van der Waals surface area contributed by atoms with E-state index in [2.05, 4.69) is 5.32 Å². The molecule has 1 heterocycles. The molecule has 3 N–H and O–H groups in total. The molecule has 152 valence electrons. The zero-order chi connectivity index (χ0) is 20.8. The highest BCUT2D eigenvalue weighted by molar-refractivity contribution is 5.99. The number of amides is 3. The summed E-state index contributed by atoms with van der Waals surface area (Å²) in [4.78, 5) is 40.6. The molecule has 3 amide bonds. The van der Waals surface area contributed by atoms with E-state index >= 15 is 0 Å². The number of benzene rings is 2. The molecule has 1 aliphatic heterocycles. The molecule has 1 unspecified atom stereocenters. The fourth-order valence-corrected chi connectivity index (χ4v) is 3.04. The molecule has 0 radical (unpaired) electrons. The molecule has 0 saturated carbocycles. The van der Waals surface area contributed by atoms with Crippen LogP contribution in [-0.2, 0) is 4.79 Å². The van der Waals surface area contributed by atoms with Crippen LogP contribution in [0.4, 0.5) is 9.18 Å². The van der Waals surface area contributed by atoms with Gasteiger partial charge in [-0.2, -0.15) is 0 Å². The Bertz CT molecular complexity index is 893. The van der Waals surface area contributed by atoms with E-state index in [0.29, 0.717) is 5.75 Å². The van der Waals surface area contributed by atoms with Gasteiger partial charge >= 0.3 is 6.09 Å². The fraction of sp³-hybridized carbons (Fsp3) is 0.250. The molecule has 1 fully saturated rings. The van der Waals surface area contributed by atoms with Gasteiger partial charge in [-0.3, -0.25) is 14.5 Å². The van der Waals surface area contributed by atoms with Gasteiger partial charge in [0, 0.05) is 31.7 Å². The Morgan fingerprint density at radius 1 is 1.07 bits per heavy atom. The van der Waals surface area contributed by atoms with Crippen LogP contribution in [0.5, 0.6) is 5.75 Å². The maximum atomic E-state index is 13.5. The molecule has 0 aliphatic carbocycles. The van der Waals surface area contributed by atoms with Crippen molar-refractivity contribution in [3.63, 3.8) is 0 Å². The molecule has 8 nitrogen and oxygen atoms in total. The lowest BCUT2D eigenvalue weighted by Crippen LogP contribution is -2.54. The number of para-hydroxylation sites is 1. The average Bonchev–Trinajstić information content (AvgIpc) is 3.17. The third-order valence-corrected chi connectivity index (χ3v) is 4.37. The summed E-state index contributed by atoms with van der Waals surface area (Å²) in [5.41, 5.74) is 5.52. The van der Waals surface area contributed by atoms with Gasteiger partial charge in [-0.1, -0.05) is 24.3 Å². The molecule has 0 spiro atoms. The molecule has 1 saturated heterocycles. The number of hydrogen-bond donors (Lipinski definition) is 2. The smallest absolute Gasteiger partial charge is 0.410 e. The minimum atomic E-state index is -1.23. The van der Waals surface area contributed by atoms with E-state index in [-0.39, 0.29) is 31.7 Å². The molecule has 29 heavy (non-hydrogen) atoms. The van der Waals surface area contributed by atoms with Crippen LogP contribution in [0.15, 0.2) is 54.6 Å². The summed E-state index contributed by atoms with van der Waals surface area (Å²) in [6.45, 7) is 0.567. The molecule has 0 bridgehead atoms. The second-order valence-corrected chi connectivity index (χ2v) is 6.34. The van der Waals surface area contributed by atoms with Gasteiger partial charge in [-0.05, 0) is 30.3 Å². The van der Waals surface area contributed by atoms with Crippen molar-refractivity contribution < 1.29 is 23.5 Å². The number of hydrogen-bond acceptors (Lipinski definition) is 5. The Balaban J connectivity index is 1.83. The predicted octanol–water partition coefficient (Wildman–Crippen LogP) is 1.18. The van der Waals surface area contributed by atoms with Gasteiger partial charge in [0.1, 0.15) is 11.6 Å². The van der Waals surface area contributed by atoms with E-state index in [0.717, 1.165) is 11.0 Å². The van der Waals surface area contributed by atoms with Gasteiger partial charge in [0.2, 0.25) is 0 Å². The van der Waals surface area contributed by atoms with Crippen LogP contribution in [0, 0.1) is 5.82 Å². The normalized spacial score (nSPS) is 15.9. The molecule has 3 rings (SSSR count). The summed E-state index contributed by atoms with van der Waals surface area (Å²) in [6.07, 6.45) is -1.99. The highest BCUT2D eigenvalue weighted by Crippen LogP contribution is 2.21. The van der Waals surface area contributed by atoms with Crippen molar-refractivity contribution in [1.82, 2.24) is 15.1 Å². The van der Waals surface area contributed by atoms with Crippen molar-refractivity contribution in [2.75, 3.05) is 26.2 Å². The molecular formula is C20H21FN4O4. The summed E-state index contributed by atoms with van der Waals surface area (Å²) in [5, 5.41) is 2.59. The molecule has 0 aromatic heterocycles. The maximum Gasteiger partial charge on any atom is 0.417 e. The minimum absolute atomic E-state index is 0.0832. The first-order valence-electron chi connectivity index (χ1n) is 9.09. The maximum absolute atomic E-state index is 13.5. The van der Waals surface area contributed by atoms with Gasteiger partial charge < -0.3 is 20.7 Å². The molecule has 2 aromatic rings. The Morgan fingerprint density at radius 3 is 2.48 bits per heavy atom. The van der Waals surface area contributed by atoms with Gasteiger partial charge in [0.25, 0.3) is 11.8 Å². The lowest BCUT2D eigenvalue weighted by molar-refractivity contribution is -0.128. The zero-order valence-electron chi connectivity index (χ0n) is 15.6. The van der Waals surface area contributed by atoms with Crippen molar-refractivity contribution in [3.05, 3.63) is 66.0 Å². The van der Waals surface area contributed by atoms with Crippen LogP contribution in [0.1, 0.15) is 10.4 Å². The van der Waals surface area contributed by atoms with Gasteiger partial charge in [0.15, 0.2) is 6.17 Å². The summed E-state index contributed by atoms with van der Waals surface area (Å²) < 4.78 is 18.9. The van der Waals surface area contributed by atoms with E-state index in [9.17, 15) is 18.8 Å². The van der Waals surface area contributed by atoms with E-state index in [1.165, 1.54) is 23.1 Å². The number of carbonyl (C=O) groups excluding carboxylic acids is 3. The number of nitrogens with zero attached hydrogens (tertiary/aromatic N) is 2. The van der Waals surface area contributed by atoms with E-state index < -0.39 is 29.9 Å². The van der Waals surface area contributed by atoms with Gasteiger partial charge in [-0.25, -0.2) is 9.18 Å². The van der Waals surface area contributed by atoms with Crippen molar-refractivity contribution in [2.24, 2.45) is 5.73 Å². The second kappa shape index (κ2) is 9.16. The van der Waals surface area contributed by atoms with Gasteiger partial charge in [-0.15, -0.1) is 0 Å². The average molecular weight is 400 g/mol. The van der Waals surface area contributed by atoms with Crippen molar-refractivity contribution in [3.8, 4) is 5.75 Å². The van der Waals surface area contributed by atoms with Crippen molar-refractivity contribution in [2.45, 2.75) is 6.17 Å². The number of carbonyl (C=O) groups is 3. The highest BCUT2D eigenvalue weighted by atomic mass is 19.1. The summed E-state index contributed by atoms with van der Waals surface area (Å²) in [6, 6.07) is 13.6. The van der Waals surface area contributed by atoms with Crippen LogP contribution < -0.4 is 15.8 Å². The first-order chi connectivity index (χ1) is 14.0. The quantitative estimate of drug-likeness (QED) is 0.784. The Kier molecular flexibility index (Phi) is 6.40. The lowest BCUT2D eigenvalue weighted by Gasteiger charge is -2.28. The molecule has 1 atom stereocenters. The monoisotopic (exact) mass is 400 g/mol. The first kappa shape index (κ1) is 20.3. The Labute approximate surface area is 167 Å². The largest absolute Gasteiger partial charge is 0.417 e. The van der Waals surface area contributed by atoms with Crippen molar-refractivity contribution >= 4 is 17.9 Å². The molecular weight excluding hydrogens is 379 g/mol. The second-order valence-electron chi connectivity index (χ2n) is 6.34. The number of nitrogens with one attached hydrogen (secondary N) is 1. The van der Waals surface area contributed by atoms with Crippen molar-refractivity contribution in [1.29, 1.82) is 0 Å².